The van der Waals surface area contributed by atoms with E-state index in [2.05, 4.69) is 11.9 Å². The smallest absolute Gasteiger partial charge is 0.256 e. The van der Waals surface area contributed by atoms with Crippen LogP contribution in [0.5, 0.6) is 0 Å². The molecule has 0 N–H and O–H groups in total. The van der Waals surface area contributed by atoms with Gasteiger partial charge in [-0.25, -0.2) is 0 Å². The van der Waals surface area contributed by atoms with Gasteiger partial charge in [-0.05, 0) is 24.6 Å². The van der Waals surface area contributed by atoms with Gasteiger partial charge in [0.25, 0.3) is 0 Å². The van der Waals surface area contributed by atoms with Crippen molar-refractivity contribution in [3.05, 3.63) is 60.6 Å². The highest BCUT2D eigenvalue weighted by molar-refractivity contribution is 5.59. The Bertz CT molecular complexity index is 498. The summed E-state index contributed by atoms with van der Waals surface area (Å²) in [6.45, 7) is 3.73. The van der Waals surface area contributed by atoms with Crippen LogP contribution in [0.3, 0.4) is 0 Å². The second-order valence-electron chi connectivity index (χ2n) is 3.63. The molecule has 1 nitrogen and oxygen atoms in total. The Hall–Kier alpha value is -1.84. The third-order valence-electron chi connectivity index (χ3n) is 2.34. The van der Waals surface area contributed by atoms with Gasteiger partial charge in [0.1, 0.15) is 0 Å². The third-order valence-corrected chi connectivity index (χ3v) is 2.34. The molecule has 0 saturated heterocycles. The SMILES string of the molecule is [CH2]c1ccc(-c2ccc(C(F)(F)F)cn2)cc1. The number of halogens is 3. The molecule has 0 saturated carbocycles. The maximum atomic E-state index is 12.3. The van der Waals surface area contributed by atoms with Crippen LogP contribution in [-0.2, 0) is 6.18 Å². The Morgan fingerprint density at radius 1 is 0.941 bits per heavy atom. The zero-order valence-corrected chi connectivity index (χ0v) is 8.83. The number of hydrogen-bond acceptors (Lipinski definition) is 1. The summed E-state index contributed by atoms with van der Waals surface area (Å²) in [5.41, 5.74) is 1.39. The van der Waals surface area contributed by atoms with E-state index < -0.39 is 11.7 Å². The monoisotopic (exact) mass is 236 g/mol. The van der Waals surface area contributed by atoms with Crippen LogP contribution in [0.25, 0.3) is 11.3 Å². The third kappa shape index (κ3) is 2.64. The van der Waals surface area contributed by atoms with Crippen LogP contribution in [0.1, 0.15) is 11.1 Å². The maximum absolute atomic E-state index is 12.3. The van der Waals surface area contributed by atoms with Gasteiger partial charge in [-0.1, -0.05) is 24.3 Å². The molecule has 0 aliphatic carbocycles. The van der Waals surface area contributed by atoms with E-state index in [1.54, 1.807) is 24.3 Å². The average molecular weight is 236 g/mol. The summed E-state index contributed by atoms with van der Waals surface area (Å²) in [6.07, 6.45) is -3.50. The summed E-state index contributed by atoms with van der Waals surface area (Å²) in [6, 6.07) is 9.51. The van der Waals surface area contributed by atoms with Gasteiger partial charge in [0.15, 0.2) is 0 Å². The van der Waals surface area contributed by atoms with Crippen molar-refractivity contribution in [1.82, 2.24) is 4.98 Å². The van der Waals surface area contributed by atoms with Crippen LogP contribution in [-0.4, -0.2) is 4.98 Å². The first-order valence-corrected chi connectivity index (χ1v) is 4.92. The largest absolute Gasteiger partial charge is 0.417 e. The van der Waals surface area contributed by atoms with Crippen LogP contribution in [0, 0.1) is 6.92 Å². The Labute approximate surface area is 96.9 Å². The second-order valence-corrected chi connectivity index (χ2v) is 3.63. The number of hydrogen-bond donors (Lipinski definition) is 0. The van der Waals surface area contributed by atoms with Gasteiger partial charge in [-0.3, -0.25) is 4.98 Å². The van der Waals surface area contributed by atoms with E-state index in [4.69, 9.17) is 0 Å². The minimum absolute atomic E-state index is 0.512. The standard InChI is InChI=1S/C13H9F3N/c1-9-2-4-10(5-3-9)12-7-6-11(8-17-12)13(14,15)16/h2-8H,1H2. The van der Waals surface area contributed by atoms with Gasteiger partial charge < -0.3 is 0 Å². The minimum Gasteiger partial charge on any atom is -0.256 e. The van der Waals surface area contributed by atoms with Crippen molar-refractivity contribution in [1.29, 1.82) is 0 Å². The summed E-state index contributed by atoms with van der Waals surface area (Å²) >= 11 is 0. The number of alkyl halides is 3. The molecule has 0 amide bonds. The van der Waals surface area contributed by atoms with Gasteiger partial charge in [-0.2, -0.15) is 13.2 Å². The minimum atomic E-state index is -4.34. The molecule has 2 rings (SSSR count). The molecule has 0 aliphatic heterocycles. The van der Waals surface area contributed by atoms with Crippen molar-refractivity contribution in [3.8, 4) is 11.3 Å². The first kappa shape index (κ1) is 11.6. The van der Waals surface area contributed by atoms with Gasteiger partial charge in [0, 0.05) is 11.8 Å². The van der Waals surface area contributed by atoms with E-state index >= 15 is 0 Å². The predicted octanol–water partition coefficient (Wildman–Crippen LogP) is 3.95. The Morgan fingerprint density at radius 3 is 2.06 bits per heavy atom. The summed E-state index contributed by atoms with van der Waals surface area (Å²) in [5.74, 6) is 0. The molecule has 1 aromatic carbocycles. The number of aromatic nitrogens is 1. The summed E-state index contributed by atoms with van der Waals surface area (Å²) in [4.78, 5) is 3.80. The molecule has 0 bridgehead atoms. The van der Waals surface area contributed by atoms with E-state index in [0.29, 0.717) is 5.69 Å². The average Bonchev–Trinajstić information content (AvgIpc) is 2.29. The van der Waals surface area contributed by atoms with Crippen LogP contribution in [0.15, 0.2) is 42.6 Å². The second kappa shape index (κ2) is 4.20. The fraction of sp³-hybridized carbons (Fsp3) is 0.0769. The molecule has 0 aliphatic rings. The van der Waals surface area contributed by atoms with Crippen molar-refractivity contribution in [2.45, 2.75) is 6.18 Å². The lowest BCUT2D eigenvalue weighted by atomic mass is 10.1. The Kier molecular flexibility index (Phi) is 2.88. The van der Waals surface area contributed by atoms with E-state index in [-0.39, 0.29) is 0 Å². The van der Waals surface area contributed by atoms with Crippen LogP contribution in [0.4, 0.5) is 13.2 Å². The number of benzene rings is 1. The summed E-state index contributed by atoms with van der Waals surface area (Å²) < 4.78 is 37.0. The lowest BCUT2D eigenvalue weighted by molar-refractivity contribution is -0.137. The normalized spacial score (nSPS) is 11.5. The molecule has 0 atom stereocenters. The van der Waals surface area contributed by atoms with E-state index in [1.807, 2.05) is 0 Å². The fourth-order valence-corrected chi connectivity index (χ4v) is 1.41. The van der Waals surface area contributed by atoms with Gasteiger partial charge in [0.05, 0.1) is 11.3 Å². The molecule has 1 aromatic heterocycles. The van der Waals surface area contributed by atoms with E-state index in [0.717, 1.165) is 23.4 Å². The fourth-order valence-electron chi connectivity index (χ4n) is 1.41. The van der Waals surface area contributed by atoms with Crippen LogP contribution < -0.4 is 0 Å². The number of pyridine rings is 1. The van der Waals surface area contributed by atoms with Gasteiger partial charge in [-0.15, -0.1) is 0 Å². The lowest BCUT2D eigenvalue weighted by Crippen LogP contribution is -2.05. The van der Waals surface area contributed by atoms with Crippen molar-refractivity contribution in [2.75, 3.05) is 0 Å². The molecule has 0 unspecified atom stereocenters. The molecular formula is C13H9F3N. The highest BCUT2D eigenvalue weighted by Crippen LogP contribution is 2.29. The van der Waals surface area contributed by atoms with Crippen molar-refractivity contribution in [3.63, 3.8) is 0 Å². The quantitative estimate of drug-likeness (QED) is 0.730. The lowest BCUT2D eigenvalue weighted by Gasteiger charge is -2.07. The topological polar surface area (TPSA) is 12.9 Å². The van der Waals surface area contributed by atoms with Crippen molar-refractivity contribution < 1.29 is 13.2 Å². The summed E-state index contributed by atoms with van der Waals surface area (Å²) in [5, 5.41) is 0. The van der Waals surface area contributed by atoms with Crippen molar-refractivity contribution >= 4 is 0 Å². The molecule has 87 valence electrons. The molecule has 4 heteroatoms. The first-order valence-electron chi connectivity index (χ1n) is 4.92. The van der Waals surface area contributed by atoms with Gasteiger partial charge in [0.2, 0.25) is 0 Å². The molecule has 1 heterocycles. The van der Waals surface area contributed by atoms with Crippen LogP contribution >= 0.6 is 0 Å². The molecule has 0 fully saturated rings. The molecule has 2 aromatic rings. The molecular weight excluding hydrogens is 227 g/mol. The zero-order valence-electron chi connectivity index (χ0n) is 8.83. The number of rotatable bonds is 1. The number of nitrogens with zero attached hydrogens (tertiary/aromatic N) is 1. The molecule has 17 heavy (non-hydrogen) atoms. The Balaban J connectivity index is 2.33. The maximum Gasteiger partial charge on any atom is 0.417 e. The van der Waals surface area contributed by atoms with Gasteiger partial charge >= 0.3 is 6.18 Å². The highest BCUT2D eigenvalue weighted by Gasteiger charge is 2.30. The van der Waals surface area contributed by atoms with Crippen LogP contribution in [0.2, 0.25) is 0 Å². The predicted molar refractivity (Wildman–Crippen MR) is 59.1 cm³/mol. The van der Waals surface area contributed by atoms with E-state index in [1.165, 1.54) is 6.07 Å². The first-order chi connectivity index (χ1) is 7.97. The molecule has 0 spiro atoms. The highest BCUT2D eigenvalue weighted by atomic mass is 19.4. The zero-order chi connectivity index (χ0) is 12.5. The summed E-state index contributed by atoms with van der Waals surface area (Å²) in [7, 11) is 0. The van der Waals surface area contributed by atoms with Crippen molar-refractivity contribution in [2.24, 2.45) is 0 Å². The Morgan fingerprint density at radius 2 is 1.59 bits per heavy atom. The molecule has 1 radical (unpaired) electrons. The van der Waals surface area contributed by atoms with E-state index in [9.17, 15) is 13.2 Å².